The predicted molar refractivity (Wildman–Crippen MR) is 73.6 cm³/mol. The standard InChI is InChI=1S/C13H15ClN2S/c1-2-10-3-4-13(17-10)12(15)7-9-5-6-16-8-11(9)14/h3-6,8,12H,2,7,15H2,1H3. The predicted octanol–water partition coefficient (Wildman–Crippen LogP) is 3.60. The molecule has 0 spiro atoms. The summed E-state index contributed by atoms with van der Waals surface area (Å²) < 4.78 is 0. The summed E-state index contributed by atoms with van der Waals surface area (Å²) in [6, 6.07) is 6.20. The average Bonchev–Trinajstić information content (AvgIpc) is 2.81. The Morgan fingerprint density at radius 2 is 2.24 bits per heavy atom. The summed E-state index contributed by atoms with van der Waals surface area (Å²) in [5.74, 6) is 0. The van der Waals surface area contributed by atoms with Gasteiger partial charge in [-0.05, 0) is 36.6 Å². The fourth-order valence-corrected chi connectivity index (χ4v) is 2.84. The van der Waals surface area contributed by atoms with Crippen LogP contribution >= 0.6 is 22.9 Å². The molecule has 17 heavy (non-hydrogen) atoms. The van der Waals surface area contributed by atoms with Crippen molar-refractivity contribution in [1.29, 1.82) is 0 Å². The van der Waals surface area contributed by atoms with Crippen LogP contribution in [0.15, 0.2) is 30.6 Å². The summed E-state index contributed by atoms with van der Waals surface area (Å²) >= 11 is 7.86. The maximum absolute atomic E-state index is 6.20. The van der Waals surface area contributed by atoms with E-state index >= 15 is 0 Å². The lowest BCUT2D eigenvalue weighted by atomic mass is 10.1. The molecule has 0 radical (unpaired) electrons. The molecule has 90 valence electrons. The Labute approximate surface area is 110 Å². The number of hydrogen-bond donors (Lipinski definition) is 1. The molecule has 2 N–H and O–H groups in total. The normalized spacial score (nSPS) is 12.6. The largest absolute Gasteiger partial charge is 0.323 e. The molecular weight excluding hydrogens is 252 g/mol. The molecule has 0 fully saturated rings. The van der Waals surface area contributed by atoms with Crippen LogP contribution in [-0.2, 0) is 12.8 Å². The van der Waals surface area contributed by atoms with Crippen molar-refractivity contribution < 1.29 is 0 Å². The maximum Gasteiger partial charge on any atom is 0.0622 e. The fraction of sp³-hybridized carbons (Fsp3) is 0.308. The first kappa shape index (κ1) is 12.6. The molecule has 0 aliphatic rings. The minimum Gasteiger partial charge on any atom is -0.323 e. The van der Waals surface area contributed by atoms with Crippen molar-refractivity contribution >= 4 is 22.9 Å². The number of aromatic nitrogens is 1. The number of nitrogens with two attached hydrogens (primary N) is 1. The van der Waals surface area contributed by atoms with E-state index in [4.69, 9.17) is 17.3 Å². The third kappa shape index (κ3) is 3.06. The molecule has 0 saturated heterocycles. The van der Waals surface area contributed by atoms with Crippen LogP contribution in [0, 0.1) is 0 Å². The molecule has 0 aromatic carbocycles. The molecule has 1 atom stereocenters. The summed E-state index contributed by atoms with van der Waals surface area (Å²) in [5, 5.41) is 0.690. The summed E-state index contributed by atoms with van der Waals surface area (Å²) in [4.78, 5) is 6.56. The van der Waals surface area contributed by atoms with Gasteiger partial charge in [0.15, 0.2) is 0 Å². The first-order valence-corrected chi connectivity index (χ1v) is 6.82. The number of hydrogen-bond acceptors (Lipinski definition) is 3. The van der Waals surface area contributed by atoms with Crippen LogP contribution < -0.4 is 5.73 Å². The van der Waals surface area contributed by atoms with E-state index in [2.05, 4.69) is 24.0 Å². The highest BCUT2D eigenvalue weighted by molar-refractivity contribution is 7.12. The molecular formula is C13H15ClN2S. The number of aryl methyl sites for hydroxylation is 1. The van der Waals surface area contributed by atoms with Crippen molar-refractivity contribution in [3.8, 4) is 0 Å². The van der Waals surface area contributed by atoms with Crippen molar-refractivity contribution in [1.82, 2.24) is 4.98 Å². The van der Waals surface area contributed by atoms with Gasteiger partial charge >= 0.3 is 0 Å². The first-order chi connectivity index (χ1) is 8.20. The van der Waals surface area contributed by atoms with Gasteiger partial charge in [-0.25, -0.2) is 0 Å². The van der Waals surface area contributed by atoms with Gasteiger partial charge in [0.05, 0.1) is 5.02 Å². The zero-order valence-electron chi connectivity index (χ0n) is 9.69. The smallest absolute Gasteiger partial charge is 0.0622 e. The molecule has 1 unspecified atom stereocenters. The Balaban J connectivity index is 2.11. The van der Waals surface area contributed by atoms with Crippen molar-refractivity contribution in [3.63, 3.8) is 0 Å². The van der Waals surface area contributed by atoms with Crippen LogP contribution in [0.4, 0.5) is 0 Å². The number of rotatable bonds is 4. The van der Waals surface area contributed by atoms with Gasteiger partial charge in [0.25, 0.3) is 0 Å². The van der Waals surface area contributed by atoms with Crippen molar-refractivity contribution in [2.24, 2.45) is 5.73 Å². The Kier molecular flexibility index (Phi) is 4.15. The van der Waals surface area contributed by atoms with Crippen molar-refractivity contribution in [2.45, 2.75) is 25.8 Å². The fourth-order valence-electron chi connectivity index (χ4n) is 1.69. The van der Waals surface area contributed by atoms with Gasteiger partial charge < -0.3 is 5.73 Å². The van der Waals surface area contributed by atoms with E-state index in [1.807, 2.05) is 6.07 Å². The average molecular weight is 267 g/mol. The topological polar surface area (TPSA) is 38.9 Å². The number of nitrogens with zero attached hydrogens (tertiary/aromatic N) is 1. The van der Waals surface area contributed by atoms with E-state index in [-0.39, 0.29) is 6.04 Å². The lowest BCUT2D eigenvalue weighted by Gasteiger charge is -2.10. The van der Waals surface area contributed by atoms with E-state index in [9.17, 15) is 0 Å². The molecule has 2 aromatic rings. The molecule has 0 amide bonds. The van der Waals surface area contributed by atoms with E-state index in [1.165, 1.54) is 9.75 Å². The second-order valence-corrected chi connectivity index (χ2v) is 5.54. The van der Waals surface area contributed by atoms with E-state index in [0.717, 1.165) is 18.4 Å². The molecule has 4 heteroatoms. The van der Waals surface area contributed by atoms with Crippen LogP contribution in [0.25, 0.3) is 0 Å². The van der Waals surface area contributed by atoms with Crippen molar-refractivity contribution in [3.05, 3.63) is 50.9 Å². The van der Waals surface area contributed by atoms with Crippen LogP contribution in [-0.4, -0.2) is 4.98 Å². The highest BCUT2D eigenvalue weighted by Gasteiger charge is 2.11. The van der Waals surface area contributed by atoms with Crippen LogP contribution in [0.3, 0.4) is 0 Å². The minimum absolute atomic E-state index is 0.0141. The zero-order valence-corrected chi connectivity index (χ0v) is 11.3. The summed E-state index contributed by atoms with van der Waals surface area (Å²) in [6.45, 7) is 2.15. The molecule has 2 heterocycles. The SMILES string of the molecule is CCc1ccc(C(N)Cc2ccncc2Cl)s1. The molecule has 2 aromatic heterocycles. The molecule has 0 aliphatic heterocycles. The Hall–Kier alpha value is -0.900. The van der Waals surface area contributed by atoms with Gasteiger partial charge in [-0.1, -0.05) is 18.5 Å². The first-order valence-electron chi connectivity index (χ1n) is 5.63. The van der Waals surface area contributed by atoms with Crippen LogP contribution in [0.5, 0.6) is 0 Å². The lowest BCUT2D eigenvalue weighted by Crippen LogP contribution is -2.12. The second kappa shape index (κ2) is 5.63. The van der Waals surface area contributed by atoms with Gasteiger partial charge in [-0.15, -0.1) is 11.3 Å². The number of halogens is 1. The highest BCUT2D eigenvalue weighted by Crippen LogP contribution is 2.26. The van der Waals surface area contributed by atoms with E-state index in [1.54, 1.807) is 23.7 Å². The second-order valence-electron chi connectivity index (χ2n) is 3.94. The Morgan fingerprint density at radius 1 is 1.41 bits per heavy atom. The lowest BCUT2D eigenvalue weighted by molar-refractivity contribution is 0.736. The zero-order chi connectivity index (χ0) is 12.3. The Bertz CT molecular complexity index is 496. The summed E-state index contributed by atoms with van der Waals surface area (Å²) in [5.41, 5.74) is 7.25. The summed E-state index contributed by atoms with van der Waals surface area (Å²) in [7, 11) is 0. The quantitative estimate of drug-likeness (QED) is 0.918. The third-order valence-electron chi connectivity index (χ3n) is 2.69. The van der Waals surface area contributed by atoms with Crippen LogP contribution in [0.1, 0.15) is 28.3 Å². The van der Waals surface area contributed by atoms with Gasteiger partial charge in [0, 0.05) is 28.2 Å². The highest BCUT2D eigenvalue weighted by atomic mass is 35.5. The van der Waals surface area contributed by atoms with Gasteiger partial charge in [0.1, 0.15) is 0 Å². The van der Waals surface area contributed by atoms with E-state index < -0.39 is 0 Å². The van der Waals surface area contributed by atoms with Crippen LogP contribution in [0.2, 0.25) is 5.02 Å². The minimum atomic E-state index is 0.0141. The van der Waals surface area contributed by atoms with Crippen molar-refractivity contribution in [2.75, 3.05) is 0 Å². The maximum atomic E-state index is 6.20. The third-order valence-corrected chi connectivity index (χ3v) is 4.39. The van der Waals surface area contributed by atoms with Gasteiger partial charge in [-0.3, -0.25) is 4.98 Å². The summed E-state index contributed by atoms with van der Waals surface area (Å²) in [6.07, 6.45) is 5.23. The molecule has 0 bridgehead atoms. The molecule has 2 rings (SSSR count). The Morgan fingerprint density at radius 3 is 2.88 bits per heavy atom. The van der Waals surface area contributed by atoms with E-state index in [0.29, 0.717) is 5.02 Å². The van der Waals surface area contributed by atoms with Gasteiger partial charge in [-0.2, -0.15) is 0 Å². The van der Waals surface area contributed by atoms with Gasteiger partial charge in [0.2, 0.25) is 0 Å². The molecule has 2 nitrogen and oxygen atoms in total. The molecule has 0 saturated carbocycles. The number of pyridine rings is 1. The monoisotopic (exact) mass is 266 g/mol. The number of thiophene rings is 1. The molecule has 0 aliphatic carbocycles.